The van der Waals surface area contributed by atoms with E-state index in [1.165, 1.54) is 44.3 Å². The van der Waals surface area contributed by atoms with Gasteiger partial charge in [-0.25, -0.2) is 0 Å². The van der Waals surface area contributed by atoms with Gasteiger partial charge in [0.2, 0.25) is 0 Å². The Labute approximate surface area is 128 Å². The fourth-order valence-electron chi connectivity index (χ4n) is 3.96. The van der Waals surface area contributed by atoms with Gasteiger partial charge in [0, 0.05) is 45.8 Å². The maximum Gasteiger partial charge on any atom is 0.0720 e. The quantitative estimate of drug-likeness (QED) is 0.921. The molecular weight excluding hydrogens is 260 g/mol. The largest absolute Gasteiger partial charge is 0.378 e. The summed E-state index contributed by atoms with van der Waals surface area (Å²) in [7, 11) is 1.90. The van der Waals surface area contributed by atoms with E-state index in [0.717, 1.165) is 25.6 Å². The maximum absolute atomic E-state index is 5.99. The minimum Gasteiger partial charge on any atom is -0.378 e. The molecule has 1 heterocycles. The fourth-order valence-corrected chi connectivity index (χ4v) is 3.96. The van der Waals surface area contributed by atoms with Crippen LogP contribution in [0.25, 0.3) is 0 Å². The number of benzene rings is 1. The van der Waals surface area contributed by atoms with Crippen LogP contribution in [0.2, 0.25) is 0 Å². The van der Waals surface area contributed by atoms with Crippen molar-refractivity contribution in [1.29, 1.82) is 0 Å². The lowest BCUT2D eigenvalue weighted by atomic mass is 9.77. The van der Waals surface area contributed by atoms with Gasteiger partial charge in [-0.3, -0.25) is 4.90 Å². The van der Waals surface area contributed by atoms with Crippen molar-refractivity contribution < 1.29 is 4.74 Å². The van der Waals surface area contributed by atoms with Gasteiger partial charge in [0.15, 0.2) is 0 Å². The van der Waals surface area contributed by atoms with Gasteiger partial charge in [-0.1, -0.05) is 30.3 Å². The predicted octanol–water partition coefficient (Wildman–Crippen LogP) is 2.46. The van der Waals surface area contributed by atoms with Crippen LogP contribution in [0.4, 0.5) is 0 Å². The minimum absolute atomic E-state index is 0.0614. The Bertz CT molecular complexity index is 420. The average molecular weight is 288 g/mol. The number of methoxy groups -OCH3 is 1. The molecule has 116 valence electrons. The molecule has 1 aliphatic heterocycles. The van der Waals surface area contributed by atoms with Gasteiger partial charge in [-0.2, -0.15) is 0 Å². The first-order valence-corrected chi connectivity index (χ1v) is 8.35. The summed E-state index contributed by atoms with van der Waals surface area (Å²) in [5.41, 5.74) is 1.46. The molecule has 1 aliphatic carbocycles. The molecule has 2 fully saturated rings. The highest BCUT2D eigenvalue weighted by Gasteiger charge is 2.37. The lowest BCUT2D eigenvalue weighted by Gasteiger charge is -2.44. The number of rotatable bonds is 4. The number of nitrogens with one attached hydrogen (secondary N) is 1. The van der Waals surface area contributed by atoms with Crippen molar-refractivity contribution >= 4 is 0 Å². The minimum atomic E-state index is 0.0614. The van der Waals surface area contributed by atoms with Crippen molar-refractivity contribution in [2.24, 2.45) is 0 Å². The Morgan fingerprint density at radius 1 is 1.14 bits per heavy atom. The molecule has 0 atom stereocenters. The molecule has 3 heteroatoms. The van der Waals surface area contributed by atoms with Gasteiger partial charge < -0.3 is 10.1 Å². The summed E-state index contributed by atoms with van der Waals surface area (Å²) in [6, 6.07) is 11.6. The van der Waals surface area contributed by atoms with Crippen LogP contribution >= 0.6 is 0 Å². The van der Waals surface area contributed by atoms with Crippen LogP contribution in [-0.2, 0) is 11.2 Å². The summed E-state index contributed by atoms with van der Waals surface area (Å²) < 4.78 is 5.99. The second kappa shape index (κ2) is 6.91. The molecule has 1 N–H and O–H groups in total. The van der Waals surface area contributed by atoms with Crippen molar-refractivity contribution in [2.75, 3.05) is 33.3 Å². The van der Waals surface area contributed by atoms with Crippen LogP contribution in [0.5, 0.6) is 0 Å². The lowest BCUT2D eigenvalue weighted by molar-refractivity contribution is -0.0560. The number of piperazine rings is 1. The van der Waals surface area contributed by atoms with Crippen molar-refractivity contribution in [2.45, 2.75) is 43.7 Å². The predicted molar refractivity (Wildman–Crippen MR) is 86.6 cm³/mol. The zero-order chi connectivity index (χ0) is 14.5. The SMILES string of the molecule is COC1(Cc2ccccc2)CCC(N2CCNCC2)CC1. The summed E-state index contributed by atoms with van der Waals surface area (Å²) in [5.74, 6) is 0. The van der Waals surface area contributed by atoms with E-state index in [2.05, 4.69) is 40.5 Å². The molecular formula is C18H28N2O. The Balaban J connectivity index is 1.59. The standard InChI is InChI=1S/C18H28N2O/c1-21-18(15-16-5-3-2-4-6-16)9-7-17(8-10-18)20-13-11-19-12-14-20/h2-6,17,19H,7-15H2,1H3. The van der Waals surface area contributed by atoms with Crippen LogP contribution in [0.1, 0.15) is 31.2 Å². The van der Waals surface area contributed by atoms with E-state index < -0.39 is 0 Å². The number of ether oxygens (including phenoxy) is 1. The molecule has 1 saturated heterocycles. The highest BCUT2D eigenvalue weighted by molar-refractivity contribution is 5.17. The molecule has 1 aromatic rings. The van der Waals surface area contributed by atoms with E-state index in [-0.39, 0.29) is 5.60 Å². The van der Waals surface area contributed by atoms with Crippen LogP contribution in [-0.4, -0.2) is 49.8 Å². The molecule has 0 aromatic heterocycles. The normalized spacial score (nSPS) is 31.2. The third kappa shape index (κ3) is 3.65. The molecule has 21 heavy (non-hydrogen) atoms. The summed E-state index contributed by atoms with van der Waals surface area (Å²) in [5, 5.41) is 3.45. The van der Waals surface area contributed by atoms with E-state index in [9.17, 15) is 0 Å². The van der Waals surface area contributed by atoms with Crippen LogP contribution in [0.3, 0.4) is 0 Å². The molecule has 0 unspecified atom stereocenters. The van der Waals surface area contributed by atoms with Crippen molar-refractivity contribution in [3.05, 3.63) is 35.9 Å². The molecule has 0 spiro atoms. The van der Waals surface area contributed by atoms with E-state index in [1.54, 1.807) is 0 Å². The first-order chi connectivity index (χ1) is 10.3. The smallest absolute Gasteiger partial charge is 0.0720 e. The van der Waals surface area contributed by atoms with Gasteiger partial charge in [0.1, 0.15) is 0 Å². The van der Waals surface area contributed by atoms with Gasteiger partial charge in [0.05, 0.1) is 5.60 Å². The van der Waals surface area contributed by atoms with Gasteiger partial charge in [-0.15, -0.1) is 0 Å². The molecule has 2 aliphatic rings. The van der Waals surface area contributed by atoms with E-state index in [0.29, 0.717) is 0 Å². The first kappa shape index (κ1) is 15.0. The van der Waals surface area contributed by atoms with E-state index in [1.807, 2.05) is 7.11 Å². The summed E-state index contributed by atoms with van der Waals surface area (Å²) in [4.78, 5) is 2.68. The molecule has 1 saturated carbocycles. The maximum atomic E-state index is 5.99. The van der Waals surface area contributed by atoms with Gasteiger partial charge in [0.25, 0.3) is 0 Å². The zero-order valence-corrected chi connectivity index (χ0v) is 13.2. The number of hydrogen-bond acceptors (Lipinski definition) is 3. The highest BCUT2D eigenvalue weighted by Crippen LogP contribution is 2.36. The molecule has 0 amide bonds. The monoisotopic (exact) mass is 288 g/mol. The second-order valence-electron chi connectivity index (χ2n) is 6.57. The molecule has 3 nitrogen and oxygen atoms in total. The van der Waals surface area contributed by atoms with Crippen molar-refractivity contribution in [1.82, 2.24) is 10.2 Å². The number of hydrogen-bond donors (Lipinski definition) is 1. The summed E-state index contributed by atoms with van der Waals surface area (Å²) in [6.45, 7) is 4.72. The van der Waals surface area contributed by atoms with Crippen LogP contribution in [0, 0.1) is 0 Å². The van der Waals surface area contributed by atoms with Gasteiger partial charge >= 0.3 is 0 Å². The highest BCUT2D eigenvalue weighted by atomic mass is 16.5. The van der Waals surface area contributed by atoms with Gasteiger partial charge in [-0.05, 0) is 31.2 Å². The van der Waals surface area contributed by atoms with Crippen LogP contribution < -0.4 is 5.32 Å². The van der Waals surface area contributed by atoms with E-state index >= 15 is 0 Å². The third-order valence-corrected chi connectivity index (χ3v) is 5.34. The summed E-state index contributed by atoms with van der Waals surface area (Å²) >= 11 is 0. The zero-order valence-electron chi connectivity index (χ0n) is 13.2. The second-order valence-corrected chi connectivity index (χ2v) is 6.57. The van der Waals surface area contributed by atoms with E-state index in [4.69, 9.17) is 4.74 Å². The molecule has 0 radical (unpaired) electrons. The first-order valence-electron chi connectivity index (χ1n) is 8.35. The Hall–Kier alpha value is -0.900. The topological polar surface area (TPSA) is 24.5 Å². The average Bonchev–Trinajstić information content (AvgIpc) is 2.57. The van der Waals surface area contributed by atoms with Crippen LogP contribution in [0.15, 0.2) is 30.3 Å². The van der Waals surface area contributed by atoms with Crippen molar-refractivity contribution in [3.8, 4) is 0 Å². The lowest BCUT2D eigenvalue weighted by Crippen LogP contribution is -2.51. The Kier molecular flexibility index (Phi) is 4.94. The third-order valence-electron chi connectivity index (χ3n) is 5.34. The molecule has 1 aromatic carbocycles. The molecule has 0 bridgehead atoms. The van der Waals surface area contributed by atoms with Crippen molar-refractivity contribution in [3.63, 3.8) is 0 Å². The Morgan fingerprint density at radius 2 is 1.81 bits per heavy atom. The fraction of sp³-hybridized carbons (Fsp3) is 0.667. The number of nitrogens with zero attached hydrogens (tertiary/aromatic N) is 1. The summed E-state index contributed by atoms with van der Waals surface area (Å²) in [6.07, 6.45) is 5.99. The Morgan fingerprint density at radius 3 is 2.43 bits per heavy atom. The molecule has 3 rings (SSSR count).